The third-order valence-electron chi connectivity index (χ3n) is 4.68. The summed E-state index contributed by atoms with van der Waals surface area (Å²) in [6.45, 7) is 2.16. The van der Waals surface area contributed by atoms with Gasteiger partial charge in [-0.15, -0.1) is 0 Å². The minimum Gasteiger partial charge on any atom is -0.490 e. The van der Waals surface area contributed by atoms with Gasteiger partial charge >= 0.3 is 5.51 Å². The molecular formula is C16H17F5O5S. The molecule has 0 saturated carbocycles. The Labute approximate surface area is 152 Å². The number of halogens is 5. The number of ether oxygens (including phenoxy) is 2. The summed E-state index contributed by atoms with van der Waals surface area (Å²) in [6, 6.07) is 1.50. The van der Waals surface area contributed by atoms with E-state index in [1.807, 2.05) is 0 Å². The van der Waals surface area contributed by atoms with E-state index >= 15 is 0 Å². The van der Waals surface area contributed by atoms with Crippen molar-refractivity contribution >= 4 is 9.84 Å². The maximum atomic E-state index is 14.0. The number of benzene rings is 1. The SMILES string of the molecule is CC1CC(Oc2ccc(S(=O)(=O)C(F)(F)F)c3c2CC(F)(F)C3O)CCO1. The van der Waals surface area contributed by atoms with Gasteiger partial charge in [0.1, 0.15) is 18.0 Å². The van der Waals surface area contributed by atoms with Crippen LogP contribution in [0.4, 0.5) is 22.0 Å². The van der Waals surface area contributed by atoms with Crippen molar-refractivity contribution < 1.29 is 45.0 Å². The number of aliphatic hydroxyl groups is 1. The van der Waals surface area contributed by atoms with Gasteiger partial charge in [-0.2, -0.15) is 13.2 Å². The second kappa shape index (κ2) is 6.56. The van der Waals surface area contributed by atoms with Crippen LogP contribution in [0.3, 0.4) is 0 Å². The molecular weight excluding hydrogens is 399 g/mol. The molecule has 1 aromatic carbocycles. The van der Waals surface area contributed by atoms with E-state index < -0.39 is 55.9 Å². The lowest BCUT2D eigenvalue weighted by Gasteiger charge is -2.28. The fourth-order valence-corrected chi connectivity index (χ4v) is 4.38. The van der Waals surface area contributed by atoms with E-state index in [0.717, 1.165) is 6.07 Å². The summed E-state index contributed by atoms with van der Waals surface area (Å²) in [5.74, 6) is -3.96. The highest BCUT2D eigenvalue weighted by molar-refractivity contribution is 7.92. The Morgan fingerprint density at radius 1 is 1.30 bits per heavy atom. The van der Waals surface area contributed by atoms with Crippen LogP contribution >= 0.6 is 0 Å². The molecule has 3 unspecified atom stereocenters. The Balaban J connectivity index is 2.07. The molecule has 1 fully saturated rings. The second-order valence-corrected chi connectivity index (χ2v) is 8.60. The summed E-state index contributed by atoms with van der Waals surface area (Å²) in [4.78, 5) is -1.37. The average Bonchev–Trinajstić information content (AvgIpc) is 2.77. The lowest BCUT2D eigenvalue weighted by molar-refractivity contribution is -0.0979. The van der Waals surface area contributed by atoms with Crippen molar-refractivity contribution in [3.8, 4) is 5.75 Å². The van der Waals surface area contributed by atoms with Crippen LogP contribution in [-0.4, -0.2) is 43.8 Å². The topological polar surface area (TPSA) is 72.8 Å². The third-order valence-corrected chi connectivity index (χ3v) is 6.23. The normalized spacial score (nSPS) is 28.0. The Bertz CT molecular complexity index is 836. The molecule has 1 N–H and O–H groups in total. The van der Waals surface area contributed by atoms with E-state index in [9.17, 15) is 35.5 Å². The zero-order valence-electron chi connectivity index (χ0n) is 14.1. The van der Waals surface area contributed by atoms with Crippen molar-refractivity contribution in [2.24, 2.45) is 0 Å². The van der Waals surface area contributed by atoms with E-state index in [1.165, 1.54) is 0 Å². The highest BCUT2D eigenvalue weighted by Crippen LogP contribution is 2.50. The molecule has 1 heterocycles. The molecule has 11 heteroatoms. The number of fused-ring (bicyclic) bond motifs is 1. The number of alkyl halides is 5. The van der Waals surface area contributed by atoms with E-state index in [0.29, 0.717) is 25.5 Å². The molecule has 3 atom stereocenters. The molecule has 5 nitrogen and oxygen atoms in total. The first kappa shape index (κ1) is 20.3. The number of hydrogen-bond donors (Lipinski definition) is 1. The van der Waals surface area contributed by atoms with Gasteiger partial charge in [-0.05, 0) is 19.1 Å². The molecule has 1 aliphatic heterocycles. The zero-order valence-corrected chi connectivity index (χ0v) is 14.9. The van der Waals surface area contributed by atoms with Crippen LogP contribution in [-0.2, 0) is 21.0 Å². The van der Waals surface area contributed by atoms with Gasteiger partial charge in [0.2, 0.25) is 0 Å². The Morgan fingerprint density at radius 2 is 1.96 bits per heavy atom. The molecule has 152 valence electrons. The molecule has 1 aliphatic carbocycles. The maximum absolute atomic E-state index is 14.0. The maximum Gasteiger partial charge on any atom is 0.501 e. The standard InChI is InChI=1S/C16H17F5O5S/c1-8-6-9(4-5-25-8)26-11-2-3-12(27(23,24)16(19,20)21)13-10(11)7-15(17,18)14(13)22/h2-3,8-9,14,22H,4-7H2,1H3. The van der Waals surface area contributed by atoms with Crippen LogP contribution in [0.5, 0.6) is 5.75 Å². The minimum atomic E-state index is -5.91. The van der Waals surface area contributed by atoms with Crippen LogP contribution in [0.25, 0.3) is 0 Å². The third kappa shape index (κ3) is 3.52. The molecule has 0 bridgehead atoms. The monoisotopic (exact) mass is 416 g/mol. The molecule has 0 radical (unpaired) electrons. The fourth-order valence-electron chi connectivity index (χ4n) is 3.36. The van der Waals surface area contributed by atoms with Crippen molar-refractivity contribution in [3.05, 3.63) is 23.3 Å². The molecule has 0 amide bonds. The summed E-state index contributed by atoms with van der Waals surface area (Å²) >= 11 is 0. The van der Waals surface area contributed by atoms with Crippen LogP contribution in [0.2, 0.25) is 0 Å². The highest BCUT2D eigenvalue weighted by atomic mass is 32.2. The molecule has 27 heavy (non-hydrogen) atoms. The predicted molar refractivity (Wildman–Crippen MR) is 82.4 cm³/mol. The molecule has 3 rings (SSSR count). The quantitative estimate of drug-likeness (QED) is 0.767. The van der Waals surface area contributed by atoms with Crippen molar-refractivity contribution in [2.45, 2.75) is 60.8 Å². The first-order valence-corrected chi connectivity index (χ1v) is 9.64. The van der Waals surface area contributed by atoms with Crippen LogP contribution in [0, 0.1) is 0 Å². The first-order chi connectivity index (χ1) is 12.3. The van der Waals surface area contributed by atoms with Crippen molar-refractivity contribution in [3.63, 3.8) is 0 Å². The van der Waals surface area contributed by atoms with Crippen LogP contribution in [0.15, 0.2) is 17.0 Å². The van der Waals surface area contributed by atoms with E-state index in [-0.39, 0.29) is 11.9 Å². The summed E-state index contributed by atoms with van der Waals surface area (Å²) in [7, 11) is -5.91. The Kier molecular flexibility index (Phi) is 4.92. The molecule has 1 aromatic rings. The molecule has 2 aliphatic rings. The number of sulfone groups is 1. The van der Waals surface area contributed by atoms with Crippen molar-refractivity contribution in [2.75, 3.05) is 6.61 Å². The van der Waals surface area contributed by atoms with Gasteiger partial charge in [0.25, 0.3) is 15.8 Å². The largest absolute Gasteiger partial charge is 0.501 e. The second-order valence-electron chi connectivity index (χ2n) is 6.69. The van der Waals surface area contributed by atoms with Gasteiger partial charge in [-0.25, -0.2) is 17.2 Å². The van der Waals surface area contributed by atoms with Gasteiger partial charge in [-0.1, -0.05) is 0 Å². The van der Waals surface area contributed by atoms with E-state index in [1.54, 1.807) is 6.92 Å². The summed E-state index contributed by atoms with van der Waals surface area (Å²) in [5, 5.41) is 9.83. The van der Waals surface area contributed by atoms with Crippen molar-refractivity contribution in [1.82, 2.24) is 0 Å². The summed E-state index contributed by atoms with van der Waals surface area (Å²) < 4.78 is 101. The number of rotatable bonds is 3. The van der Waals surface area contributed by atoms with E-state index in [2.05, 4.69) is 0 Å². The fraction of sp³-hybridized carbons (Fsp3) is 0.625. The smallest absolute Gasteiger partial charge is 0.490 e. The molecule has 1 saturated heterocycles. The minimum absolute atomic E-state index is 0.145. The molecule has 0 aromatic heterocycles. The van der Waals surface area contributed by atoms with Crippen LogP contribution < -0.4 is 4.74 Å². The lowest BCUT2D eigenvalue weighted by Crippen LogP contribution is -2.31. The number of hydrogen-bond acceptors (Lipinski definition) is 5. The predicted octanol–water partition coefficient (Wildman–Crippen LogP) is 3.15. The van der Waals surface area contributed by atoms with Crippen LogP contribution in [0.1, 0.15) is 37.0 Å². The molecule has 0 spiro atoms. The summed E-state index contributed by atoms with van der Waals surface area (Å²) in [5.41, 5.74) is -7.05. The van der Waals surface area contributed by atoms with Gasteiger partial charge in [0.05, 0.1) is 17.6 Å². The number of aliphatic hydroxyl groups excluding tert-OH is 1. The first-order valence-electron chi connectivity index (χ1n) is 8.16. The van der Waals surface area contributed by atoms with Gasteiger partial charge in [-0.3, -0.25) is 0 Å². The van der Waals surface area contributed by atoms with Gasteiger partial charge in [0, 0.05) is 30.4 Å². The van der Waals surface area contributed by atoms with Gasteiger partial charge in [0.15, 0.2) is 0 Å². The Morgan fingerprint density at radius 3 is 2.56 bits per heavy atom. The lowest BCUT2D eigenvalue weighted by atomic mass is 10.1. The van der Waals surface area contributed by atoms with E-state index in [4.69, 9.17) is 9.47 Å². The average molecular weight is 416 g/mol. The summed E-state index contributed by atoms with van der Waals surface area (Å²) in [6.07, 6.45) is -3.46. The highest BCUT2D eigenvalue weighted by Gasteiger charge is 2.55. The Hall–Kier alpha value is -1.46. The zero-order chi connectivity index (χ0) is 20.2. The van der Waals surface area contributed by atoms with Gasteiger partial charge < -0.3 is 14.6 Å². The van der Waals surface area contributed by atoms with Crippen molar-refractivity contribution in [1.29, 1.82) is 0 Å².